The highest BCUT2D eigenvalue weighted by Crippen LogP contribution is 2.28. The fourth-order valence-corrected chi connectivity index (χ4v) is 1.90. The third-order valence-electron chi connectivity index (χ3n) is 1.78. The third kappa shape index (κ3) is 1.88. The summed E-state index contributed by atoms with van der Waals surface area (Å²) in [5, 5.41) is 0. The van der Waals surface area contributed by atoms with E-state index in [9.17, 15) is 4.79 Å². The second-order valence-electron chi connectivity index (χ2n) is 2.78. The van der Waals surface area contributed by atoms with Crippen molar-refractivity contribution >= 4 is 23.9 Å². The Bertz CT molecular complexity index is 404. The molecule has 0 saturated carbocycles. The fourth-order valence-electron chi connectivity index (χ4n) is 1.21. The first-order valence-electron chi connectivity index (χ1n) is 4.05. The first-order valence-corrected chi connectivity index (χ1v) is 4.82. The first kappa shape index (κ1) is 9.08. The van der Waals surface area contributed by atoms with Crippen LogP contribution in [0.15, 0.2) is 33.6 Å². The van der Waals surface area contributed by atoms with Crippen molar-refractivity contribution in [1.82, 2.24) is 0 Å². The molecule has 0 bridgehead atoms. The van der Waals surface area contributed by atoms with Crippen LogP contribution in [0.3, 0.4) is 0 Å². The Kier molecular flexibility index (Phi) is 2.41. The summed E-state index contributed by atoms with van der Waals surface area (Å²) >= 11 is 1.29. The maximum atomic E-state index is 10.5. The lowest BCUT2D eigenvalue weighted by Crippen LogP contribution is -2.21. The van der Waals surface area contributed by atoms with E-state index < -0.39 is 6.09 Å². The van der Waals surface area contributed by atoms with Gasteiger partial charge in [-0.25, -0.2) is 4.79 Å². The molecule has 4 nitrogen and oxygen atoms in total. The number of benzene rings is 1. The molecule has 2 rings (SSSR count). The lowest BCUT2D eigenvalue weighted by molar-refractivity contribution is 0.207. The number of carbonyl (C=O) groups excluding carboxylic acids is 1. The van der Waals surface area contributed by atoms with E-state index in [0.29, 0.717) is 12.3 Å². The summed E-state index contributed by atoms with van der Waals surface area (Å²) < 4.78 is 8.74. The van der Waals surface area contributed by atoms with E-state index in [1.54, 1.807) is 0 Å². The SMILES string of the molecule is NC(=O)OC1=NSc2ccccc2C1. The quantitative estimate of drug-likeness (QED) is 0.660. The molecule has 1 aliphatic heterocycles. The van der Waals surface area contributed by atoms with Crippen molar-refractivity contribution in [2.75, 3.05) is 0 Å². The smallest absolute Gasteiger partial charge is 0.395 e. The number of carbonyl (C=O) groups is 1. The number of fused-ring (bicyclic) bond motifs is 1. The van der Waals surface area contributed by atoms with Gasteiger partial charge < -0.3 is 10.5 Å². The number of amides is 1. The molecule has 0 saturated heterocycles. The van der Waals surface area contributed by atoms with Crippen LogP contribution in [-0.4, -0.2) is 12.0 Å². The molecule has 2 N–H and O–H groups in total. The molecule has 0 unspecified atom stereocenters. The zero-order chi connectivity index (χ0) is 9.97. The van der Waals surface area contributed by atoms with Crippen molar-refractivity contribution < 1.29 is 9.53 Å². The average molecular weight is 208 g/mol. The molecule has 1 heterocycles. The molecule has 72 valence electrons. The maximum Gasteiger partial charge on any atom is 0.411 e. The summed E-state index contributed by atoms with van der Waals surface area (Å²) in [6.07, 6.45) is -0.296. The number of hydrogen-bond acceptors (Lipinski definition) is 4. The maximum absolute atomic E-state index is 10.5. The summed E-state index contributed by atoms with van der Waals surface area (Å²) in [5.74, 6) is 0.362. The standard InChI is InChI=1S/C9H8N2O2S/c10-9(12)13-8-5-6-3-1-2-4-7(6)14-11-8/h1-4H,5H2,(H2,10,12). The lowest BCUT2D eigenvalue weighted by Gasteiger charge is -2.13. The Morgan fingerprint density at radius 3 is 3.07 bits per heavy atom. The monoisotopic (exact) mass is 208 g/mol. The first-order chi connectivity index (χ1) is 6.75. The van der Waals surface area contributed by atoms with Crippen LogP contribution in [0.1, 0.15) is 5.56 Å². The van der Waals surface area contributed by atoms with Crippen LogP contribution < -0.4 is 5.73 Å². The Morgan fingerprint density at radius 1 is 1.50 bits per heavy atom. The Balaban J connectivity index is 2.17. The van der Waals surface area contributed by atoms with Crippen molar-refractivity contribution in [3.05, 3.63) is 29.8 Å². The van der Waals surface area contributed by atoms with Gasteiger partial charge in [0, 0.05) is 16.8 Å². The predicted molar refractivity (Wildman–Crippen MR) is 54.1 cm³/mol. The van der Waals surface area contributed by atoms with Crippen molar-refractivity contribution in [2.24, 2.45) is 10.1 Å². The van der Waals surface area contributed by atoms with Crippen LogP contribution in [0.2, 0.25) is 0 Å². The molecule has 1 amide bonds. The van der Waals surface area contributed by atoms with Crippen molar-refractivity contribution in [3.63, 3.8) is 0 Å². The van der Waals surface area contributed by atoms with Crippen LogP contribution in [0.4, 0.5) is 4.79 Å². The van der Waals surface area contributed by atoms with Crippen LogP contribution in [0.25, 0.3) is 0 Å². The number of nitrogens with two attached hydrogens (primary N) is 1. The van der Waals surface area contributed by atoms with E-state index >= 15 is 0 Å². The van der Waals surface area contributed by atoms with Crippen molar-refractivity contribution in [2.45, 2.75) is 11.3 Å². The number of hydrogen-bond donors (Lipinski definition) is 1. The minimum atomic E-state index is -0.816. The molecule has 0 atom stereocenters. The van der Waals surface area contributed by atoms with Crippen LogP contribution in [0.5, 0.6) is 0 Å². The normalized spacial score (nSPS) is 14.1. The summed E-state index contributed by atoms with van der Waals surface area (Å²) in [4.78, 5) is 11.6. The number of rotatable bonds is 0. The summed E-state index contributed by atoms with van der Waals surface area (Å²) in [5.41, 5.74) is 5.99. The fraction of sp³-hybridized carbons (Fsp3) is 0.111. The Labute approximate surface area is 85.3 Å². The van der Waals surface area contributed by atoms with Gasteiger partial charge in [-0.15, -0.1) is 0 Å². The van der Waals surface area contributed by atoms with Crippen LogP contribution >= 0.6 is 11.9 Å². The molecule has 1 aliphatic rings. The molecule has 0 spiro atoms. The van der Waals surface area contributed by atoms with Crippen LogP contribution in [-0.2, 0) is 11.2 Å². The van der Waals surface area contributed by atoms with Crippen molar-refractivity contribution in [3.8, 4) is 0 Å². The molecule has 1 aromatic carbocycles. The third-order valence-corrected chi connectivity index (χ3v) is 2.67. The molecule has 0 aliphatic carbocycles. The number of ether oxygens (including phenoxy) is 1. The van der Waals surface area contributed by atoms with Gasteiger partial charge >= 0.3 is 6.09 Å². The molecular weight excluding hydrogens is 200 g/mol. The average Bonchev–Trinajstić information content (AvgIpc) is 2.17. The largest absolute Gasteiger partial charge is 0.411 e. The highest BCUT2D eigenvalue weighted by molar-refractivity contribution is 7.98. The topological polar surface area (TPSA) is 64.7 Å². The van der Waals surface area contributed by atoms with Crippen molar-refractivity contribution in [1.29, 1.82) is 0 Å². The van der Waals surface area contributed by atoms with Gasteiger partial charge in [-0.2, -0.15) is 4.40 Å². The number of primary amides is 1. The van der Waals surface area contributed by atoms with E-state index in [4.69, 9.17) is 10.5 Å². The lowest BCUT2D eigenvalue weighted by atomic mass is 10.1. The second-order valence-corrected chi connectivity index (χ2v) is 3.59. The molecule has 0 radical (unpaired) electrons. The van der Waals surface area contributed by atoms with Gasteiger partial charge in [0.15, 0.2) is 0 Å². The van der Waals surface area contributed by atoms with Gasteiger partial charge in [-0.1, -0.05) is 18.2 Å². The molecule has 1 aromatic rings. The highest BCUT2D eigenvalue weighted by atomic mass is 32.2. The van der Waals surface area contributed by atoms with Gasteiger partial charge in [-0.3, -0.25) is 0 Å². The zero-order valence-electron chi connectivity index (χ0n) is 7.27. The second kappa shape index (κ2) is 3.71. The van der Waals surface area contributed by atoms with Gasteiger partial charge in [0.2, 0.25) is 5.90 Å². The van der Waals surface area contributed by atoms with Gasteiger partial charge in [-0.05, 0) is 11.6 Å². The van der Waals surface area contributed by atoms with E-state index in [2.05, 4.69) is 4.40 Å². The number of nitrogens with zero attached hydrogens (tertiary/aromatic N) is 1. The predicted octanol–water partition coefficient (Wildman–Crippen LogP) is 1.74. The zero-order valence-corrected chi connectivity index (χ0v) is 8.08. The van der Waals surface area contributed by atoms with E-state index in [1.807, 2.05) is 24.3 Å². The molecule has 5 heteroatoms. The summed E-state index contributed by atoms with van der Waals surface area (Å²) in [6.45, 7) is 0. The van der Waals surface area contributed by atoms with Crippen LogP contribution in [0, 0.1) is 0 Å². The summed E-state index contributed by atoms with van der Waals surface area (Å²) in [6, 6.07) is 7.83. The van der Waals surface area contributed by atoms with E-state index in [-0.39, 0.29) is 0 Å². The Hall–Kier alpha value is -1.49. The van der Waals surface area contributed by atoms with E-state index in [0.717, 1.165) is 10.5 Å². The van der Waals surface area contributed by atoms with Gasteiger partial charge in [0.25, 0.3) is 0 Å². The summed E-state index contributed by atoms with van der Waals surface area (Å²) in [7, 11) is 0. The molecular formula is C9H8N2O2S. The molecule has 14 heavy (non-hydrogen) atoms. The molecule has 0 aromatic heterocycles. The Morgan fingerprint density at radius 2 is 2.29 bits per heavy atom. The van der Waals surface area contributed by atoms with Gasteiger partial charge in [0.05, 0.1) is 6.42 Å². The molecule has 0 fully saturated rings. The minimum absolute atomic E-state index is 0.362. The van der Waals surface area contributed by atoms with E-state index in [1.165, 1.54) is 11.9 Å². The highest BCUT2D eigenvalue weighted by Gasteiger charge is 2.15. The van der Waals surface area contributed by atoms with Gasteiger partial charge in [0.1, 0.15) is 0 Å². The minimum Gasteiger partial charge on any atom is -0.395 e.